The lowest BCUT2D eigenvalue weighted by Gasteiger charge is -2.21. The molecule has 0 spiro atoms. The SMILES string of the molecule is CC(CCCO)NS(=O)(=O)N(C)Cc1c(F)cccc1Cl. The number of nitrogens with zero attached hydrogens (tertiary/aromatic N) is 1. The predicted octanol–water partition coefficient (Wildman–Crippen LogP) is 1.91. The fourth-order valence-corrected chi connectivity index (χ4v) is 3.12. The van der Waals surface area contributed by atoms with Crippen LogP contribution >= 0.6 is 11.6 Å². The zero-order valence-electron chi connectivity index (χ0n) is 12.0. The molecule has 0 aliphatic rings. The predicted molar refractivity (Wildman–Crippen MR) is 80.7 cm³/mol. The van der Waals surface area contributed by atoms with Crippen molar-refractivity contribution in [3.05, 3.63) is 34.6 Å². The molecule has 0 heterocycles. The zero-order chi connectivity index (χ0) is 16.0. The van der Waals surface area contributed by atoms with Crippen LogP contribution in [0.25, 0.3) is 0 Å². The van der Waals surface area contributed by atoms with Crippen molar-refractivity contribution in [2.75, 3.05) is 13.7 Å². The van der Waals surface area contributed by atoms with Crippen LogP contribution in [0.3, 0.4) is 0 Å². The molecular formula is C13H20ClFN2O3S. The molecule has 0 aliphatic carbocycles. The number of rotatable bonds is 8. The number of aliphatic hydroxyl groups is 1. The van der Waals surface area contributed by atoms with Gasteiger partial charge in [0.25, 0.3) is 10.2 Å². The topological polar surface area (TPSA) is 69.6 Å². The minimum atomic E-state index is -3.75. The molecule has 0 amide bonds. The van der Waals surface area contributed by atoms with Gasteiger partial charge in [-0.1, -0.05) is 17.7 Å². The molecule has 0 aliphatic heterocycles. The van der Waals surface area contributed by atoms with Crippen molar-refractivity contribution in [3.8, 4) is 0 Å². The van der Waals surface area contributed by atoms with Gasteiger partial charge >= 0.3 is 0 Å². The van der Waals surface area contributed by atoms with E-state index in [1.807, 2.05) is 0 Å². The van der Waals surface area contributed by atoms with Gasteiger partial charge in [0, 0.05) is 36.8 Å². The van der Waals surface area contributed by atoms with E-state index >= 15 is 0 Å². The van der Waals surface area contributed by atoms with E-state index in [0.717, 1.165) is 4.31 Å². The standard InChI is InChI=1S/C13H20ClFN2O3S/c1-10(5-4-8-18)16-21(19,20)17(2)9-11-12(14)6-3-7-13(11)15/h3,6-7,10,16,18H,4-5,8-9H2,1-2H3. The zero-order valence-corrected chi connectivity index (χ0v) is 13.6. The Bertz CT molecular complexity index is 548. The van der Waals surface area contributed by atoms with Crippen molar-refractivity contribution in [2.45, 2.75) is 32.4 Å². The van der Waals surface area contributed by atoms with Crippen LogP contribution in [0, 0.1) is 5.82 Å². The van der Waals surface area contributed by atoms with E-state index in [-0.39, 0.29) is 29.8 Å². The van der Waals surface area contributed by atoms with Crippen molar-refractivity contribution >= 4 is 21.8 Å². The number of hydrogen-bond acceptors (Lipinski definition) is 3. The van der Waals surface area contributed by atoms with Crippen molar-refractivity contribution in [1.29, 1.82) is 0 Å². The largest absolute Gasteiger partial charge is 0.396 e. The minimum absolute atomic E-state index is 0.00669. The van der Waals surface area contributed by atoms with E-state index in [1.54, 1.807) is 6.92 Å². The fraction of sp³-hybridized carbons (Fsp3) is 0.538. The molecule has 0 aromatic heterocycles. The summed E-state index contributed by atoms with van der Waals surface area (Å²) in [6.07, 6.45) is 1.02. The van der Waals surface area contributed by atoms with Crippen LogP contribution in [-0.2, 0) is 16.8 Å². The maximum Gasteiger partial charge on any atom is 0.279 e. The van der Waals surface area contributed by atoms with E-state index in [0.29, 0.717) is 12.8 Å². The summed E-state index contributed by atoms with van der Waals surface area (Å²) in [7, 11) is -2.39. The van der Waals surface area contributed by atoms with Gasteiger partial charge in [-0.15, -0.1) is 0 Å². The third-order valence-electron chi connectivity index (χ3n) is 3.00. The van der Waals surface area contributed by atoms with E-state index in [1.165, 1.54) is 25.2 Å². The molecule has 120 valence electrons. The summed E-state index contributed by atoms with van der Waals surface area (Å²) >= 11 is 5.89. The normalized spacial score (nSPS) is 13.6. The third kappa shape index (κ3) is 5.52. The van der Waals surface area contributed by atoms with Gasteiger partial charge in [-0.3, -0.25) is 0 Å². The number of nitrogens with one attached hydrogen (secondary N) is 1. The van der Waals surface area contributed by atoms with Gasteiger partial charge in [0.05, 0.1) is 0 Å². The van der Waals surface area contributed by atoms with Crippen LogP contribution in [-0.4, -0.2) is 37.5 Å². The van der Waals surface area contributed by atoms with Crippen LogP contribution in [0.15, 0.2) is 18.2 Å². The Hall–Kier alpha value is -0.730. The Morgan fingerprint density at radius 2 is 2.14 bits per heavy atom. The number of hydrogen-bond donors (Lipinski definition) is 2. The summed E-state index contributed by atoms with van der Waals surface area (Å²) in [6.45, 7) is 1.55. The molecular weight excluding hydrogens is 319 g/mol. The quantitative estimate of drug-likeness (QED) is 0.760. The first kappa shape index (κ1) is 18.3. The van der Waals surface area contributed by atoms with Crippen LogP contribution in [0.4, 0.5) is 4.39 Å². The van der Waals surface area contributed by atoms with Crippen molar-refractivity contribution in [1.82, 2.24) is 9.03 Å². The second kappa shape index (κ2) is 8.05. The second-order valence-electron chi connectivity index (χ2n) is 4.85. The summed E-state index contributed by atoms with van der Waals surface area (Å²) in [5, 5.41) is 8.92. The monoisotopic (exact) mass is 338 g/mol. The molecule has 0 fully saturated rings. The van der Waals surface area contributed by atoms with Gasteiger partial charge < -0.3 is 5.11 Å². The Morgan fingerprint density at radius 3 is 2.71 bits per heavy atom. The van der Waals surface area contributed by atoms with Crippen LogP contribution < -0.4 is 4.72 Å². The van der Waals surface area contributed by atoms with E-state index in [4.69, 9.17) is 16.7 Å². The van der Waals surface area contributed by atoms with E-state index in [2.05, 4.69) is 4.72 Å². The summed E-state index contributed by atoms with van der Waals surface area (Å²) in [5.41, 5.74) is 0.134. The van der Waals surface area contributed by atoms with Crippen molar-refractivity contribution in [2.24, 2.45) is 0 Å². The molecule has 0 saturated carbocycles. The lowest BCUT2D eigenvalue weighted by Crippen LogP contribution is -2.42. The highest BCUT2D eigenvalue weighted by atomic mass is 35.5. The van der Waals surface area contributed by atoms with Gasteiger partial charge in [0.15, 0.2) is 0 Å². The van der Waals surface area contributed by atoms with E-state index in [9.17, 15) is 12.8 Å². The summed E-state index contributed by atoms with van der Waals surface area (Å²) < 4.78 is 41.4. The second-order valence-corrected chi connectivity index (χ2v) is 7.06. The Morgan fingerprint density at radius 1 is 1.48 bits per heavy atom. The van der Waals surface area contributed by atoms with Gasteiger partial charge in [-0.2, -0.15) is 17.4 Å². The number of benzene rings is 1. The molecule has 0 radical (unpaired) electrons. The highest BCUT2D eigenvalue weighted by Crippen LogP contribution is 2.21. The van der Waals surface area contributed by atoms with Crippen molar-refractivity contribution < 1.29 is 17.9 Å². The first-order chi connectivity index (χ1) is 9.77. The van der Waals surface area contributed by atoms with E-state index < -0.39 is 16.0 Å². The maximum absolute atomic E-state index is 13.7. The molecule has 5 nitrogen and oxygen atoms in total. The van der Waals surface area contributed by atoms with Crippen LogP contribution in [0.5, 0.6) is 0 Å². The molecule has 2 N–H and O–H groups in total. The molecule has 1 aromatic carbocycles. The lowest BCUT2D eigenvalue weighted by molar-refractivity contribution is 0.279. The molecule has 1 atom stereocenters. The van der Waals surface area contributed by atoms with Gasteiger partial charge in [0.2, 0.25) is 0 Å². The highest BCUT2D eigenvalue weighted by molar-refractivity contribution is 7.87. The summed E-state index contributed by atoms with van der Waals surface area (Å²) in [6, 6.07) is 3.89. The first-order valence-corrected chi connectivity index (χ1v) is 8.37. The third-order valence-corrected chi connectivity index (χ3v) is 5.00. The average Bonchev–Trinajstić information content (AvgIpc) is 2.40. The van der Waals surface area contributed by atoms with Crippen LogP contribution in [0.2, 0.25) is 5.02 Å². The number of aliphatic hydroxyl groups excluding tert-OH is 1. The molecule has 0 bridgehead atoms. The Kier molecular flexibility index (Phi) is 7.02. The molecule has 0 saturated heterocycles. The van der Waals surface area contributed by atoms with Gasteiger partial charge in [0.1, 0.15) is 5.82 Å². The van der Waals surface area contributed by atoms with Gasteiger partial charge in [-0.05, 0) is 31.9 Å². The van der Waals surface area contributed by atoms with Crippen molar-refractivity contribution in [3.63, 3.8) is 0 Å². The Balaban J connectivity index is 2.75. The minimum Gasteiger partial charge on any atom is -0.396 e. The summed E-state index contributed by atoms with van der Waals surface area (Å²) in [4.78, 5) is 0. The molecule has 21 heavy (non-hydrogen) atoms. The molecule has 1 aromatic rings. The fourth-order valence-electron chi connectivity index (χ4n) is 1.79. The smallest absolute Gasteiger partial charge is 0.279 e. The van der Waals surface area contributed by atoms with Crippen LogP contribution in [0.1, 0.15) is 25.3 Å². The molecule has 8 heteroatoms. The molecule has 1 rings (SSSR count). The summed E-state index contributed by atoms with van der Waals surface area (Å²) in [5.74, 6) is -0.544. The number of halogens is 2. The lowest BCUT2D eigenvalue weighted by atomic mass is 10.2. The first-order valence-electron chi connectivity index (χ1n) is 6.55. The molecule has 1 unspecified atom stereocenters. The average molecular weight is 339 g/mol. The highest BCUT2D eigenvalue weighted by Gasteiger charge is 2.22. The Labute approximate surface area is 129 Å². The van der Waals surface area contributed by atoms with Gasteiger partial charge in [-0.25, -0.2) is 4.39 Å². The maximum atomic E-state index is 13.7.